The molecule has 5 nitrogen and oxygen atoms in total. The summed E-state index contributed by atoms with van der Waals surface area (Å²) in [7, 11) is 0. The Morgan fingerprint density at radius 3 is 1.80 bits per heavy atom. The summed E-state index contributed by atoms with van der Waals surface area (Å²) in [5.74, 6) is 1.55. The molecule has 0 bridgehead atoms. The molecular weight excluding hydrogens is 661 g/mol. The summed E-state index contributed by atoms with van der Waals surface area (Å²) in [4.78, 5) is 17.2. The molecule has 10 aromatic rings. The van der Waals surface area contributed by atoms with Crippen LogP contribution < -0.4 is 4.90 Å². The number of furan rings is 1. The van der Waals surface area contributed by atoms with Crippen molar-refractivity contribution < 1.29 is 11.3 Å². The van der Waals surface area contributed by atoms with Crippen LogP contribution in [0.3, 0.4) is 0 Å². The van der Waals surface area contributed by atoms with Crippen LogP contribution in [-0.2, 0) is 0 Å². The van der Waals surface area contributed by atoms with E-state index in [1.54, 1.807) is 12.1 Å². The highest BCUT2D eigenvalue weighted by Crippen LogP contribution is 2.46. The van der Waals surface area contributed by atoms with Crippen LogP contribution in [0.25, 0.3) is 78.0 Å². The largest absolute Gasteiger partial charge is 0.455 e. The zero-order chi connectivity index (χ0) is 40.2. The van der Waals surface area contributed by atoms with Crippen molar-refractivity contribution in [1.29, 1.82) is 0 Å². The van der Waals surface area contributed by atoms with Crippen LogP contribution in [0.15, 0.2) is 198 Å². The van der Waals surface area contributed by atoms with E-state index in [0.717, 1.165) is 49.7 Å². The van der Waals surface area contributed by atoms with Crippen LogP contribution in [0.5, 0.6) is 0 Å². The summed E-state index contributed by atoms with van der Waals surface area (Å²) in [5, 5.41) is 3.91. The number of nitrogens with zero attached hydrogens (tertiary/aromatic N) is 4. The third-order valence-electron chi connectivity index (χ3n) is 9.59. The molecule has 8 aromatic carbocycles. The third kappa shape index (κ3) is 5.65. The van der Waals surface area contributed by atoms with Gasteiger partial charge < -0.3 is 9.32 Å². The van der Waals surface area contributed by atoms with E-state index >= 15 is 0 Å². The fourth-order valence-corrected chi connectivity index (χ4v) is 7.02. The van der Waals surface area contributed by atoms with E-state index in [-0.39, 0.29) is 29.7 Å². The second-order valence-corrected chi connectivity index (χ2v) is 12.9. The van der Waals surface area contributed by atoms with E-state index in [2.05, 4.69) is 41.3 Å². The predicted molar refractivity (Wildman–Crippen MR) is 221 cm³/mol. The van der Waals surface area contributed by atoms with Crippen molar-refractivity contribution >= 4 is 49.8 Å². The van der Waals surface area contributed by atoms with Gasteiger partial charge >= 0.3 is 0 Å². The molecule has 0 saturated carbocycles. The lowest BCUT2D eigenvalue weighted by Crippen LogP contribution is -2.10. The molecule has 254 valence electrons. The smallest absolute Gasteiger partial charge is 0.167 e. The lowest BCUT2D eigenvalue weighted by molar-refractivity contribution is 0.669. The molecule has 0 atom stereocenters. The fraction of sp³-hybridized carbons (Fsp3) is 0. The molecule has 54 heavy (non-hydrogen) atoms. The summed E-state index contributed by atoms with van der Waals surface area (Å²) in [6.45, 7) is 0. The van der Waals surface area contributed by atoms with Crippen molar-refractivity contribution in [3.63, 3.8) is 0 Å². The van der Waals surface area contributed by atoms with Crippen molar-refractivity contribution in [2.75, 3.05) is 4.90 Å². The number of benzene rings is 8. The van der Waals surface area contributed by atoms with Crippen molar-refractivity contribution in [1.82, 2.24) is 15.0 Å². The summed E-state index contributed by atoms with van der Waals surface area (Å²) in [5.41, 5.74) is 6.89. The van der Waals surface area contributed by atoms with E-state index in [4.69, 9.17) is 26.2 Å². The highest BCUT2D eigenvalue weighted by Gasteiger charge is 2.24. The second kappa shape index (κ2) is 13.3. The molecule has 10 rings (SSSR count). The fourth-order valence-electron chi connectivity index (χ4n) is 7.02. The van der Waals surface area contributed by atoms with Gasteiger partial charge in [-0.25, -0.2) is 15.0 Å². The Morgan fingerprint density at radius 1 is 0.463 bits per heavy atom. The lowest BCUT2D eigenvalue weighted by atomic mass is 10.0. The van der Waals surface area contributed by atoms with Gasteiger partial charge in [0.05, 0.1) is 23.5 Å². The van der Waals surface area contributed by atoms with Gasteiger partial charge in [-0.2, -0.15) is 0 Å². The lowest BCUT2D eigenvalue weighted by Gasteiger charge is -2.27. The molecule has 0 saturated heterocycles. The average molecular weight is 698 g/mol. The van der Waals surface area contributed by atoms with Gasteiger partial charge in [-0.3, -0.25) is 0 Å². The molecule has 5 heteroatoms. The minimum absolute atomic E-state index is 0.148. The Kier molecular flexibility index (Phi) is 6.51. The Bertz CT molecular complexity index is 3140. The third-order valence-corrected chi connectivity index (χ3v) is 9.59. The minimum Gasteiger partial charge on any atom is -0.455 e. The highest BCUT2D eigenvalue weighted by atomic mass is 16.3. The molecule has 0 radical (unpaired) electrons. The van der Waals surface area contributed by atoms with Crippen LogP contribution in [0.4, 0.5) is 17.1 Å². The zero-order valence-corrected chi connectivity index (χ0v) is 28.8. The molecule has 0 amide bonds. The molecule has 0 aliphatic heterocycles. The summed E-state index contributed by atoms with van der Waals surface area (Å²) in [6, 6.07) is 52.0. The number of rotatable bonds is 7. The summed E-state index contributed by atoms with van der Waals surface area (Å²) >= 11 is 0. The number of fused-ring (bicyclic) bond motifs is 4. The maximum Gasteiger partial charge on any atom is 0.167 e. The van der Waals surface area contributed by atoms with Crippen molar-refractivity contribution in [2.45, 2.75) is 0 Å². The zero-order valence-electron chi connectivity index (χ0n) is 33.8. The molecule has 2 heterocycles. The second-order valence-electron chi connectivity index (χ2n) is 12.9. The highest BCUT2D eigenvalue weighted by molar-refractivity contribution is 6.17. The molecule has 2 aromatic heterocycles. The first-order chi connectivity index (χ1) is 28.8. The monoisotopic (exact) mass is 697 g/mol. The van der Waals surface area contributed by atoms with Crippen molar-refractivity contribution in [3.05, 3.63) is 194 Å². The van der Waals surface area contributed by atoms with E-state index in [1.165, 1.54) is 0 Å². The number of anilines is 3. The van der Waals surface area contributed by atoms with E-state index in [0.29, 0.717) is 39.8 Å². The molecule has 0 aliphatic rings. The van der Waals surface area contributed by atoms with Gasteiger partial charge in [0.1, 0.15) is 11.2 Å². The van der Waals surface area contributed by atoms with Gasteiger partial charge in [0.25, 0.3) is 0 Å². The predicted octanol–water partition coefficient (Wildman–Crippen LogP) is 13.1. The quantitative estimate of drug-likeness (QED) is 0.166. The summed E-state index contributed by atoms with van der Waals surface area (Å²) < 4.78 is 48.6. The number of aromatic nitrogens is 3. The Morgan fingerprint density at radius 2 is 1.07 bits per heavy atom. The van der Waals surface area contributed by atoms with Gasteiger partial charge in [0.2, 0.25) is 0 Å². The van der Waals surface area contributed by atoms with Gasteiger partial charge in [-0.1, -0.05) is 152 Å². The maximum absolute atomic E-state index is 8.61. The van der Waals surface area contributed by atoms with Crippen molar-refractivity contribution in [3.8, 4) is 45.3 Å². The molecule has 0 N–H and O–H groups in total. The van der Waals surface area contributed by atoms with E-state index in [1.807, 2.05) is 115 Å². The van der Waals surface area contributed by atoms with Gasteiger partial charge in [0, 0.05) is 27.9 Å². The number of para-hydroxylation sites is 1. The molecular formula is C49H32N4O. The Balaban J connectivity index is 1.21. The first kappa shape index (κ1) is 26.4. The minimum atomic E-state index is -0.424. The van der Waals surface area contributed by atoms with Crippen LogP contribution >= 0.6 is 0 Å². The topological polar surface area (TPSA) is 55.1 Å². The van der Waals surface area contributed by atoms with Crippen LogP contribution in [-0.4, -0.2) is 15.0 Å². The first-order valence-corrected chi connectivity index (χ1v) is 17.6. The molecule has 0 unspecified atom stereocenters. The van der Waals surface area contributed by atoms with Crippen molar-refractivity contribution in [2.24, 2.45) is 0 Å². The SMILES string of the molecule is [2H]c1c([2H])c([2H])c(-c2ccc(N(c3ccc4ccccc4c3)c3ccc(-c4nc(-c5ccccc5)nc(-c5ccccc5)n4)c4oc5ccccc5c34)cc2)c([2H])c1[2H]. The Hall–Kier alpha value is -7.37. The van der Waals surface area contributed by atoms with E-state index < -0.39 is 6.04 Å². The Labute approximate surface area is 319 Å². The van der Waals surface area contributed by atoms with Gasteiger partial charge in [-0.15, -0.1) is 0 Å². The molecule has 0 fully saturated rings. The normalized spacial score (nSPS) is 12.6. The van der Waals surface area contributed by atoms with Gasteiger partial charge in [-0.05, 0) is 64.4 Å². The molecule has 0 spiro atoms. The molecule has 0 aliphatic carbocycles. The van der Waals surface area contributed by atoms with E-state index in [9.17, 15) is 0 Å². The number of hydrogen-bond acceptors (Lipinski definition) is 5. The number of hydrogen-bond donors (Lipinski definition) is 0. The first-order valence-electron chi connectivity index (χ1n) is 20.1. The average Bonchev–Trinajstić information content (AvgIpc) is 3.69. The van der Waals surface area contributed by atoms with Crippen LogP contribution in [0, 0.1) is 0 Å². The summed E-state index contributed by atoms with van der Waals surface area (Å²) in [6.07, 6.45) is 0. The maximum atomic E-state index is 8.61. The standard InChI is InChI=1S/C49H32N4O/c1-4-14-33(15-5-1)35-24-27-39(28-25-35)53(40-29-26-34-16-10-11-21-38(34)32-40)43-31-30-42(46-45(43)41-22-12-13-23-44(41)54-46)49-51-47(36-17-6-2-7-18-36)50-48(52-49)37-19-8-3-9-20-37/h1-32H/i1D,4D,5D,14D,15D. The van der Waals surface area contributed by atoms with Crippen LogP contribution in [0.2, 0.25) is 0 Å². The van der Waals surface area contributed by atoms with Crippen LogP contribution in [0.1, 0.15) is 6.85 Å². The van der Waals surface area contributed by atoms with Gasteiger partial charge in [0.15, 0.2) is 17.5 Å².